The average Bonchev–Trinajstić information content (AvgIpc) is 2.14. The predicted molar refractivity (Wildman–Crippen MR) is 48.2 cm³/mol. The van der Waals surface area contributed by atoms with Crippen molar-refractivity contribution in [2.45, 2.75) is 18.5 Å². The Kier molecular flexibility index (Phi) is 3.57. The molecule has 16 heavy (non-hydrogen) atoms. The molecule has 1 rings (SSSR count). The molecule has 90 valence electrons. The summed E-state index contributed by atoms with van der Waals surface area (Å²) in [7, 11) is 0. The highest BCUT2D eigenvalue weighted by molar-refractivity contribution is 6.17. The molecule has 0 saturated heterocycles. The van der Waals surface area contributed by atoms with E-state index in [0.717, 1.165) is 0 Å². The summed E-state index contributed by atoms with van der Waals surface area (Å²) in [5.74, 6) is -1.32. The second kappa shape index (κ2) is 4.40. The first-order valence-electron chi connectivity index (χ1n) is 3.98. The van der Waals surface area contributed by atoms with Crippen LogP contribution in [0.15, 0.2) is 6.07 Å². The third-order valence-electron chi connectivity index (χ3n) is 1.82. The fraction of sp³-hybridized carbons (Fsp3) is 0.375. The molecular weight excluding hydrogens is 255 g/mol. The minimum atomic E-state index is -4.79. The fourth-order valence-electron chi connectivity index (χ4n) is 1.19. The quantitative estimate of drug-likeness (QED) is 0.654. The van der Waals surface area contributed by atoms with Crippen LogP contribution in [0.5, 0.6) is 0 Å². The molecule has 0 aliphatic heterocycles. The van der Waals surface area contributed by atoms with Gasteiger partial charge >= 0.3 is 6.18 Å². The van der Waals surface area contributed by atoms with Crippen LogP contribution in [0.2, 0.25) is 0 Å². The highest BCUT2D eigenvalue weighted by Crippen LogP contribution is 2.37. The highest BCUT2D eigenvalue weighted by Gasteiger charge is 2.36. The van der Waals surface area contributed by atoms with Gasteiger partial charge in [-0.05, 0) is 6.07 Å². The molecule has 1 aromatic heterocycles. The Morgan fingerprint density at radius 1 is 1.38 bits per heavy atom. The highest BCUT2D eigenvalue weighted by atomic mass is 35.5. The summed E-state index contributed by atoms with van der Waals surface area (Å²) in [5, 5.41) is 0. The molecule has 0 bridgehead atoms. The Hall–Kier alpha value is -1.11. The van der Waals surface area contributed by atoms with Gasteiger partial charge in [-0.2, -0.15) is 13.2 Å². The number of pyridine rings is 1. The lowest BCUT2D eigenvalue weighted by atomic mass is 10.1. The molecule has 0 saturated carbocycles. The summed E-state index contributed by atoms with van der Waals surface area (Å²) in [4.78, 5) is 3.16. The molecule has 0 spiro atoms. The first-order valence-corrected chi connectivity index (χ1v) is 4.51. The van der Waals surface area contributed by atoms with Gasteiger partial charge in [-0.1, -0.05) is 0 Å². The fourth-order valence-corrected chi connectivity index (χ4v) is 1.47. The second-order valence-electron chi connectivity index (χ2n) is 2.89. The van der Waals surface area contributed by atoms with Crippen LogP contribution in [0.4, 0.5) is 27.8 Å². The van der Waals surface area contributed by atoms with Gasteiger partial charge in [-0.3, -0.25) is 0 Å². The van der Waals surface area contributed by atoms with Gasteiger partial charge in [0.1, 0.15) is 11.5 Å². The molecule has 0 atom stereocenters. The van der Waals surface area contributed by atoms with Crippen molar-refractivity contribution in [3.8, 4) is 0 Å². The Morgan fingerprint density at radius 2 is 1.94 bits per heavy atom. The molecule has 0 radical (unpaired) electrons. The molecule has 0 aliphatic rings. The zero-order chi connectivity index (χ0) is 12.5. The molecule has 1 heterocycles. The molecule has 2 nitrogen and oxygen atoms in total. The van der Waals surface area contributed by atoms with E-state index < -0.39 is 41.1 Å². The standard InChI is InChI=1S/C8H6ClF5N2/c9-2-3-4(8(12,13)14)1-5(15)16-6(3)7(10)11/h1,7H,2H2,(H2,15,16). The SMILES string of the molecule is Nc1cc(C(F)(F)F)c(CCl)c(C(F)F)n1. The van der Waals surface area contributed by atoms with Crippen molar-refractivity contribution in [2.75, 3.05) is 5.73 Å². The van der Waals surface area contributed by atoms with Crippen molar-refractivity contribution in [1.82, 2.24) is 4.98 Å². The minimum Gasteiger partial charge on any atom is -0.384 e. The van der Waals surface area contributed by atoms with E-state index in [1.165, 1.54) is 0 Å². The van der Waals surface area contributed by atoms with Crippen LogP contribution in [-0.2, 0) is 12.1 Å². The summed E-state index contributed by atoms with van der Waals surface area (Å²) in [5.41, 5.74) is 1.99. The Balaban J connectivity index is 3.49. The number of nitrogens with two attached hydrogens (primary N) is 1. The molecule has 0 aliphatic carbocycles. The number of aromatic nitrogens is 1. The Labute approximate surface area is 92.2 Å². The van der Waals surface area contributed by atoms with Crippen molar-refractivity contribution >= 4 is 17.4 Å². The van der Waals surface area contributed by atoms with Gasteiger partial charge < -0.3 is 5.73 Å². The number of nitrogens with zero attached hydrogens (tertiary/aromatic N) is 1. The lowest BCUT2D eigenvalue weighted by Crippen LogP contribution is -2.13. The summed E-state index contributed by atoms with van der Waals surface area (Å²) in [6, 6.07) is 0.490. The number of hydrogen-bond acceptors (Lipinski definition) is 2. The molecule has 0 aromatic carbocycles. The Morgan fingerprint density at radius 3 is 2.31 bits per heavy atom. The van der Waals surface area contributed by atoms with Crippen LogP contribution >= 0.6 is 11.6 Å². The van der Waals surface area contributed by atoms with E-state index in [-0.39, 0.29) is 0 Å². The van der Waals surface area contributed by atoms with Crippen molar-refractivity contribution in [3.05, 3.63) is 22.9 Å². The topological polar surface area (TPSA) is 38.9 Å². The van der Waals surface area contributed by atoms with Gasteiger partial charge in [-0.15, -0.1) is 11.6 Å². The smallest absolute Gasteiger partial charge is 0.384 e. The number of hydrogen-bond donors (Lipinski definition) is 1. The maximum absolute atomic E-state index is 12.5. The zero-order valence-electron chi connectivity index (χ0n) is 7.65. The van der Waals surface area contributed by atoms with Crippen molar-refractivity contribution in [1.29, 1.82) is 0 Å². The third kappa shape index (κ3) is 2.52. The number of halogens is 6. The van der Waals surface area contributed by atoms with E-state index in [4.69, 9.17) is 17.3 Å². The van der Waals surface area contributed by atoms with Gasteiger partial charge in [0.15, 0.2) is 0 Å². The van der Waals surface area contributed by atoms with Crippen LogP contribution < -0.4 is 5.73 Å². The van der Waals surface area contributed by atoms with E-state index in [9.17, 15) is 22.0 Å². The molecular formula is C8H6ClF5N2. The third-order valence-corrected chi connectivity index (χ3v) is 2.09. The second-order valence-corrected chi connectivity index (χ2v) is 3.16. The summed E-state index contributed by atoms with van der Waals surface area (Å²) in [6.07, 6.45) is -7.94. The number of nitrogen functional groups attached to an aromatic ring is 1. The van der Waals surface area contributed by atoms with Crippen molar-refractivity contribution < 1.29 is 22.0 Å². The maximum atomic E-state index is 12.5. The zero-order valence-corrected chi connectivity index (χ0v) is 8.41. The largest absolute Gasteiger partial charge is 0.416 e. The van der Waals surface area contributed by atoms with Gasteiger partial charge in [0.25, 0.3) is 6.43 Å². The molecule has 8 heteroatoms. The van der Waals surface area contributed by atoms with Gasteiger partial charge in [0, 0.05) is 11.4 Å². The lowest BCUT2D eigenvalue weighted by Gasteiger charge is -2.15. The maximum Gasteiger partial charge on any atom is 0.416 e. The van der Waals surface area contributed by atoms with Crippen LogP contribution in [-0.4, -0.2) is 4.98 Å². The van der Waals surface area contributed by atoms with Gasteiger partial charge in [0.05, 0.1) is 5.56 Å². The average molecular weight is 261 g/mol. The predicted octanol–water partition coefficient (Wildman–Crippen LogP) is 3.36. The molecule has 1 aromatic rings. The number of rotatable bonds is 2. The Bertz CT molecular complexity index is 391. The normalized spacial score (nSPS) is 12.2. The van der Waals surface area contributed by atoms with Crippen LogP contribution in [0.3, 0.4) is 0 Å². The summed E-state index contributed by atoms with van der Waals surface area (Å²) < 4.78 is 62.3. The first-order chi connectivity index (χ1) is 7.27. The van der Waals surface area contributed by atoms with Gasteiger partial charge in [-0.25, -0.2) is 13.8 Å². The van der Waals surface area contributed by atoms with E-state index in [2.05, 4.69) is 4.98 Å². The van der Waals surface area contributed by atoms with E-state index in [1.807, 2.05) is 0 Å². The van der Waals surface area contributed by atoms with Gasteiger partial charge in [0.2, 0.25) is 0 Å². The van der Waals surface area contributed by atoms with Crippen LogP contribution in [0, 0.1) is 0 Å². The lowest BCUT2D eigenvalue weighted by molar-refractivity contribution is -0.138. The van der Waals surface area contributed by atoms with E-state index in [1.54, 1.807) is 0 Å². The van der Waals surface area contributed by atoms with Crippen LogP contribution in [0.25, 0.3) is 0 Å². The van der Waals surface area contributed by atoms with Crippen molar-refractivity contribution in [3.63, 3.8) is 0 Å². The number of anilines is 1. The number of alkyl halides is 6. The molecule has 0 fully saturated rings. The van der Waals surface area contributed by atoms with Crippen LogP contribution in [0.1, 0.15) is 23.2 Å². The molecule has 0 amide bonds. The van der Waals surface area contributed by atoms with E-state index >= 15 is 0 Å². The monoisotopic (exact) mass is 260 g/mol. The van der Waals surface area contributed by atoms with E-state index in [0.29, 0.717) is 6.07 Å². The minimum absolute atomic E-state index is 0.490. The molecule has 2 N–H and O–H groups in total. The summed E-state index contributed by atoms with van der Waals surface area (Å²) in [6.45, 7) is 0. The summed E-state index contributed by atoms with van der Waals surface area (Å²) >= 11 is 5.23. The van der Waals surface area contributed by atoms with Crippen molar-refractivity contribution in [2.24, 2.45) is 0 Å². The molecule has 0 unspecified atom stereocenters. The first kappa shape index (κ1) is 13.0.